The molecular weight excluding hydrogens is 404 g/mol. The number of amides is 2. The number of carbonyl (C=O) groups is 2. The van der Waals surface area contributed by atoms with Gasteiger partial charge < -0.3 is 20.1 Å². The maximum Gasteiger partial charge on any atom is 0.224 e. The molecule has 0 atom stereocenters. The van der Waals surface area contributed by atoms with Crippen molar-refractivity contribution < 1.29 is 19.1 Å². The molecule has 0 aliphatic carbocycles. The standard InChI is InChI=1S/C26H28N2O4/c1-31-23-12-5-3-10-21(23)15-25(29)27-17-19-8-7-9-20(14-19)18-28-26(30)16-22-11-4-6-13-24(22)32-2/h3-14H,15-18H2,1-2H3,(H,27,29)(H,28,30). The molecule has 0 aliphatic rings. The smallest absolute Gasteiger partial charge is 0.224 e. The lowest BCUT2D eigenvalue weighted by Crippen LogP contribution is -2.26. The molecule has 0 radical (unpaired) electrons. The summed E-state index contributed by atoms with van der Waals surface area (Å²) in [5.41, 5.74) is 3.63. The zero-order chi connectivity index (χ0) is 22.8. The van der Waals surface area contributed by atoms with Gasteiger partial charge in [0.05, 0.1) is 27.1 Å². The number of carbonyl (C=O) groups excluding carboxylic acids is 2. The van der Waals surface area contributed by atoms with Gasteiger partial charge in [-0.3, -0.25) is 9.59 Å². The molecule has 6 heteroatoms. The van der Waals surface area contributed by atoms with Crippen LogP contribution in [0.2, 0.25) is 0 Å². The molecule has 0 spiro atoms. The summed E-state index contributed by atoms with van der Waals surface area (Å²) in [5, 5.41) is 5.88. The molecule has 0 aromatic heterocycles. The minimum Gasteiger partial charge on any atom is -0.496 e. The van der Waals surface area contributed by atoms with Gasteiger partial charge in [0.1, 0.15) is 11.5 Å². The highest BCUT2D eigenvalue weighted by Crippen LogP contribution is 2.18. The number of rotatable bonds is 10. The molecule has 0 bridgehead atoms. The van der Waals surface area contributed by atoms with Crippen molar-refractivity contribution in [3.8, 4) is 11.5 Å². The van der Waals surface area contributed by atoms with Gasteiger partial charge in [-0.15, -0.1) is 0 Å². The molecule has 0 fully saturated rings. The molecule has 0 aliphatic heterocycles. The fourth-order valence-corrected chi connectivity index (χ4v) is 3.42. The number of nitrogens with one attached hydrogen (secondary N) is 2. The first kappa shape index (κ1) is 22.9. The summed E-state index contributed by atoms with van der Waals surface area (Å²) >= 11 is 0. The highest BCUT2D eigenvalue weighted by atomic mass is 16.5. The predicted octanol–water partition coefficient (Wildman–Crippen LogP) is 3.42. The molecule has 0 unspecified atom stereocenters. The zero-order valence-corrected chi connectivity index (χ0v) is 18.4. The van der Waals surface area contributed by atoms with Crippen LogP contribution < -0.4 is 20.1 Å². The highest BCUT2D eigenvalue weighted by Gasteiger charge is 2.10. The largest absolute Gasteiger partial charge is 0.496 e. The van der Waals surface area contributed by atoms with E-state index in [0.717, 1.165) is 22.3 Å². The van der Waals surface area contributed by atoms with E-state index in [1.807, 2.05) is 72.8 Å². The summed E-state index contributed by atoms with van der Waals surface area (Å²) in [4.78, 5) is 24.7. The van der Waals surface area contributed by atoms with Crippen molar-refractivity contribution in [3.63, 3.8) is 0 Å². The first-order chi connectivity index (χ1) is 15.6. The van der Waals surface area contributed by atoms with E-state index in [2.05, 4.69) is 10.6 Å². The van der Waals surface area contributed by atoms with Gasteiger partial charge in [-0.1, -0.05) is 60.7 Å². The zero-order valence-electron chi connectivity index (χ0n) is 18.4. The Hall–Kier alpha value is -3.80. The molecule has 3 rings (SSSR count). The van der Waals surface area contributed by atoms with Crippen LogP contribution in [-0.2, 0) is 35.5 Å². The van der Waals surface area contributed by atoms with Crippen LogP contribution in [0.5, 0.6) is 11.5 Å². The topological polar surface area (TPSA) is 76.7 Å². The number of benzene rings is 3. The average Bonchev–Trinajstić information content (AvgIpc) is 2.82. The third-order valence-corrected chi connectivity index (χ3v) is 5.06. The van der Waals surface area contributed by atoms with Crippen LogP contribution >= 0.6 is 0 Å². The fraction of sp³-hybridized carbons (Fsp3) is 0.231. The Morgan fingerprint density at radius 3 is 1.53 bits per heavy atom. The van der Waals surface area contributed by atoms with E-state index in [0.29, 0.717) is 24.6 Å². The maximum atomic E-state index is 12.3. The lowest BCUT2D eigenvalue weighted by Gasteiger charge is -2.11. The van der Waals surface area contributed by atoms with Gasteiger partial charge in [0.2, 0.25) is 11.8 Å². The molecule has 0 saturated carbocycles. The second-order valence-electron chi connectivity index (χ2n) is 7.35. The quantitative estimate of drug-likeness (QED) is 0.515. The van der Waals surface area contributed by atoms with Gasteiger partial charge in [-0.05, 0) is 23.3 Å². The van der Waals surface area contributed by atoms with E-state index in [1.165, 1.54) is 0 Å². The lowest BCUT2D eigenvalue weighted by molar-refractivity contribution is -0.121. The molecule has 32 heavy (non-hydrogen) atoms. The Morgan fingerprint density at radius 2 is 1.09 bits per heavy atom. The van der Waals surface area contributed by atoms with Crippen molar-refractivity contribution in [2.24, 2.45) is 0 Å². The molecule has 3 aromatic rings. The van der Waals surface area contributed by atoms with Gasteiger partial charge in [-0.25, -0.2) is 0 Å². The number of methoxy groups -OCH3 is 2. The van der Waals surface area contributed by atoms with Crippen molar-refractivity contribution in [2.45, 2.75) is 25.9 Å². The first-order valence-electron chi connectivity index (χ1n) is 10.4. The summed E-state index contributed by atoms with van der Waals surface area (Å²) in [6.07, 6.45) is 0.505. The van der Waals surface area contributed by atoms with E-state index < -0.39 is 0 Å². The van der Waals surface area contributed by atoms with Crippen LogP contribution in [0.25, 0.3) is 0 Å². The second kappa shape index (κ2) is 11.6. The molecule has 0 heterocycles. The molecule has 2 N–H and O–H groups in total. The third-order valence-electron chi connectivity index (χ3n) is 5.06. The number of hydrogen-bond donors (Lipinski definition) is 2. The monoisotopic (exact) mass is 432 g/mol. The van der Waals surface area contributed by atoms with Crippen LogP contribution in [0, 0.1) is 0 Å². The van der Waals surface area contributed by atoms with Crippen molar-refractivity contribution in [2.75, 3.05) is 14.2 Å². The normalized spacial score (nSPS) is 10.3. The van der Waals surface area contributed by atoms with E-state index in [4.69, 9.17) is 9.47 Å². The van der Waals surface area contributed by atoms with Gasteiger partial charge >= 0.3 is 0 Å². The van der Waals surface area contributed by atoms with Crippen molar-refractivity contribution >= 4 is 11.8 Å². The molecule has 0 saturated heterocycles. The molecular formula is C26H28N2O4. The summed E-state index contributed by atoms with van der Waals surface area (Å²) in [7, 11) is 3.19. The van der Waals surface area contributed by atoms with Crippen LogP contribution in [0.3, 0.4) is 0 Å². The summed E-state index contributed by atoms with van der Waals surface area (Å²) in [6, 6.07) is 22.8. The molecule has 6 nitrogen and oxygen atoms in total. The van der Waals surface area contributed by atoms with Gasteiger partial charge in [0, 0.05) is 24.2 Å². The minimum atomic E-state index is -0.0787. The minimum absolute atomic E-state index is 0.0787. The highest BCUT2D eigenvalue weighted by molar-refractivity contribution is 5.80. The van der Waals surface area contributed by atoms with E-state index in [1.54, 1.807) is 14.2 Å². The van der Waals surface area contributed by atoms with E-state index in [-0.39, 0.29) is 24.7 Å². The lowest BCUT2D eigenvalue weighted by atomic mass is 10.1. The van der Waals surface area contributed by atoms with E-state index in [9.17, 15) is 9.59 Å². The van der Waals surface area contributed by atoms with Crippen molar-refractivity contribution in [3.05, 3.63) is 95.1 Å². The third kappa shape index (κ3) is 6.60. The van der Waals surface area contributed by atoms with Crippen molar-refractivity contribution in [1.82, 2.24) is 10.6 Å². The summed E-state index contributed by atoms with van der Waals surface area (Å²) < 4.78 is 10.6. The van der Waals surface area contributed by atoms with Crippen LogP contribution in [-0.4, -0.2) is 26.0 Å². The van der Waals surface area contributed by atoms with Crippen LogP contribution in [0.15, 0.2) is 72.8 Å². The Balaban J connectivity index is 1.49. The predicted molar refractivity (Wildman–Crippen MR) is 124 cm³/mol. The van der Waals surface area contributed by atoms with E-state index >= 15 is 0 Å². The number of para-hydroxylation sites is 2. The molecule has 2 amide bonds. The Morgan fingerprint density at radius 1 is 0.656 bits per heavy atom. The van der Waals surface area contributed by atoms with Gasteiger partial charge in [-0.2, -0.15) is 0 Å². The fourth-order valence-electron chi connectivity index (χ4n) is 3.42. The van der Waals surface area contributed by atoms with Gasteiger partial charge in [0.25, 0.3) is 0 Å². The second-order valence-corrected chi connectivity index (χ2v) is 7.35. The average molecular weight is 433 g/mol. The molecule has 3 aromatic carbocycles. The maximum absolute atomic E-state index is 12.3. The number of hydrogen-bond acceptors (Lipinski definition) is 4. The molecule has 166 valence electrons. The SMILES string of the molecule is COc1ccccc1CC(=O)NCc1cccc(CNC(=O)Cc2ccccc2OC)c1. The van der Waals surface area contributed by atoms with Crippen LogP contribution in [0.1, 0.15) is 22.3 Å². The Bertz CT molecular complexity index is 984. The van der Waals surface area contributed by atoms with Crippen molar-refractivity contribution in [1.29, 1.82) is 0 Å². The summed E-state index contributed by atoms with van der Waals surface area (Å²) in [5.74, 6) is 1.25. The Labute approximate surface area is 188 Å². The van der Waals surface area contributed by atoms with Gasteiger partial charge in [0.15, 0.2) is 0 Å². The summed E-state index contributed by atoms with van der Waals surface area (Å²) in [6.45, 7) is 0.827. The van der Waals surface area contributed by atoms with Crippen LogP contribution in [0.4, 0.5) is 0 Å². The first-order valence-corrected chi connectivity index (χ1v) is 10.4. The Kier molecular flexibility index (Phi) is 8.26. The number of ether oxygens (including phenoxy) is 2.